The van der Waals surface area contributed by atoms with Crippen LogP contribution in [-0.2, 0) is 4.79 Å². The van der Waals surface area contributed by atoms with Gasteiger partial charge in [0.2, 0.25) is 0 Å². The first-order chi connectivity index (χ1) is 6.74. The van der Waals surface area contributed by atoms with Crippen LogP contribution >= 0.6 is 0 Å². The number of hydrogen-bond donors (Lipinski definition) is 1. The molecule has 74 valence electrons. The molecular weight excluding hydrogens is 183 g/mol. The predicted molar refractivity (Wildman–Crippen MR) is 54.0 cm³/mol. The Morgan fingerprint density at radius 2 is 1.93 bits per heavy atom. The molecule has 14 heavy (non-hydrogen) atoms. The molecule has 4 nitrogen and oxygen atoms in total. The Morgan fingerprint density at radius 1 is 1.43 bits per heavy atom. The van der Waals surface area contributed by atoms with Crippen molar-refractivity contribution in [1.29, 1.82) is 1.34 Å². The standard InChI is InChI=1S/C8H6O4.CH4.BH/c9-5-12-7-3-1-6(2-4-7)8(10)11;;/h1-5H,(H,10,11);1H4;1H/i;;1D. The van der Waals surface area contributed by atoms with Gasteiger partial charge in [-0.1, -0.05) is 7.43 Å². The highest BCUT2D eigenvalue weighted by Crippen LogP contribution is 2.10. The Morgan fingerprint density at radius 3 is 2.29 bits per heavy atom. The molecule has 0 spiro atoms. The molecule has 0 aliphatic heterocycles. The Labute approximate surface area is 85.4 Å². The fourth-order valence-electron chi connectivity index (χ4n) is 0.732. The van der Waals surface area contributed by atoms with Crippen LogP contribution in [0.15, 0.2) is 24.3 Å². The van der Waals surface area contributed by atoms with Crippen molar-refractivity contribution >= 4 is 20.8 Å². The lowest BCUT2D eigenvalue weighted by Crippen LogP contribution is -1.95. The molecule has 0 saturated heterocycles. The van der Waals surface area contributed by atoms with Gasteiger partial charge in [-0.05, 0) is 25.6 Å². The lowest BCUT2D eigenvalue weighted by Gasteiger charge is -1.96. The molecule has 0 unspecified atom stereocenters. The van der Waals surface area contributed by atoms with Crippen LogP contribution in [0.2, 0.25) is 0 Å². The number of rotatable bonds is 3. The highest BCUT2D eigenvalue weighted by Gasteiger charge is 2.00. The Kier molecular flexibility index (Phi) is 5.86. The second-order valence-electron chi connectivity index (χ2n) is 2.04. The number of carboxylic acids is 1. The van der Waals surface area contributed by atoms with Crippen LogP contribution < -0.4 is 4.74 Å². The smallest absolute Gasteiger partial charge is 0.335 e. The third-order valence-electron chi connectivity index (χ3n) is 1.29. The summed E-state index contributed by atoms with van der Waals surface area (Å²) in [4.78, 5) is 20.2. The van der Waals surface area contributed by atoms with Crippen LogP contribution in [-0.4, -0.2) is 27.3 Å². The number of aromatic carboxylic acids is 1. The second kappa shape index (κ2) is 6.71. The average molecular weight is 195 g/mol. The quantitative estimate of drug-likeness (QED) is 0.574. The summed E-state index contributed by atoms with van der Waals surface area (Å²) in [7, 11) is 3.75. The van der Waals surface area contributed by atoms with Crippen molar-refractivity contribution in [2.24, 2.45) is 0 Å². The van der Waals surface area contributed by atoms with Gasteiger partial charge < -0.3 is 9.84 Å². The van der Waals surface area contributed by atoms with E-state index in [1.165, 1.54) is 24.3 Å². The number of benzene rings is 1. The second-order valence-corrected chi connectivity index (χ2v) is 2.04. The Balaban J connectivity index is 0. The first kappa shape index (κ1) is 12.2. The summed E-state index contributed by atoms with van der Waals surface area (Å²) in [5, 5.41) is 8.50. The van der Waals surface area contributed by atoms with Crippen molar-refractivity contribution in [3.8, 4) is 5.75 Å². The molecule has 0 amide bonds. The molecule has 0 aliphatic carbocycles. The monoisotopic (exact) mass is 195 g/mol. The molecule has 5 heteroatoms. The molecule has 0 aliphatic rings. The van der Waals surface area contributed by atoms with E-state index in [1.807, 2.05) is 0 Å². The number of ether oxygens (including phenoxy) is 1. The number of carbonyl (C=O) groups is 2. The molecule has 0 heterocycles. The zero-order valence-electron chi connectivity index (χ0n) is 7.64. The SMILES string of the molecule is C.O=COc1ccc(C(=O)O)cc1.[2H][B]. The van der Waals surface area contributed by atoms with Gasteiger partial charge in [-0.25, -0.2) is 4.79 Å². The molecule has 0 aromatic heterocycles. The largest absolute Gasteiger partial charge is 0.478 e. The van der Waals surface area contributed by atoms with E-state index in [-0.39, 0.29) is 19.5 Å². The molecule has 0 saturated carbocycles. The molecule has 1 aromatic carbocycles. The molecule has 2 radical (unpaired) electrons. The van der Waals surface area contributed by atoms with Crippen LogP contribution in [0.4, 0.5) is 0 Å². The molecule has 0 atom stereocenters. The van der Waals surface area contributed by atoms with E-state index >= 15 is 0 Å². The van der Waals surface area contributed by atoms with Gasteiger partial charge in [0.25, 0.3) is 6.47 Å². The first-order valence-corrected chi connectivity index (χ1v) is 3.17. The van der Waals surface area contributed by atoms with Crippen LogP contribution in [0.5, 0.6) is 5.75 Å². The van der Waals surface area contributed by atoms with E-state index in [2.05, 4.69) is 13.1 Å². The van der Waals surface area contributed by atoms with Crippen molar-refractivity contribution in [3.63, 3.8) is 0 Å². The van der Waals surface area contributed by atoms with Crippen LogP contribution in [0.1, 0.15) is 17.8 Å². The molecule has 1 N–H and O–H groups in total. The lowest BCUT2D eigenvalue weighted by molar-refractivity contribution is -0.120. The Hall–Kier alpha value is -1.78. The van der Waals surface area contributed by atoms with Crippen LogP contribution in [0, 0.1) is 0 Å². The summed E-state index contributed by atoms with van der Waals surface area (Å²) in [6.07, 6.45) is 0. The van der Waals surface area contributed by atoms with E-state index in [9.17, 15) is 9.59 Å². The maximum Gasteiger partial charge on any atom is 0.335 e. The van der Waals surface area contributed by atoms with Crippen molar-refractivity contribution in [2.45, 2.75) is 7.43 Å². The number of hydrogen-bond acceptors (Lipinski definition) is 3. The number of carbonyl (C=O) groups excluding carboxylic acids is 1. The minimum atomic E-state index is -1.01. The van der Waals surface area contributed by atoms with Gasteiger partial charge in [-0.2, -0.15) is 0 Å². The predicted octanol–water partition coefficient (Wildman–Crippen LogP) is 0.908. The number of carboxylic acid groups (broad SMARTS) is 1. The van der Waals surface area contributed by atoms with Crippen molar-refractivity contribution in [3.05, 3.63) is 29.8 Å². The van der Waals surface area contributed by atoms with Crippen LogP contribution in [0.3, 0.4) is 0 Å². The van der Waals surface area contributed by atoms with Crippen molar-refractivity contribution in [1.82, 2.24) is 0 Å². The highest BCUT2D eigenvalue weighted by molar-refractivity contribution is 5.87. The van der Waals surface area contributed by atoms with Gasteiger partial charge in [0.05, 0.1) is 5.56 Å². The van der Waals surface area contributed by atoms with Crippen LogP contribution in [0.25, 0.3) is 0 Å². The molecule has 0 fully saturated rings. The summed E-state index contributed by atoms with van der Waals surface area (Å²) in [6, 6.07) is 5.55. The Bertz CT molecular complexity index is 299. The van der Waals surface area contributed by atoms with Gasteiger partial charge in [-0.3, -0.25) is 4.79 Å². The van der Waals surface area contributed by atoms with E-state index in [0.717, 1.165) is 0 Å². The van der Waals surface area contributed by atoms with Gasteiger partial charge in [-0.15, -0.1) is 0 Å². The van der Waals surface area contributed by atoms with E-state index < -0.39 is 5.97 Å². The average Bonchev–Trinajstić information content (AvgIpc) is 2.22. The summed E-state index contributed by atoms with van der Waals surface area (Å²) in [5.41, 5.74) is 0.160. The summed E-state index contributed by atoms with van der Waals surface area (Å²) in [5.74, 6) is -0.678. The van der Waals surface area contributed by atoms with Gasteiger partial charge in [0, 0.05) is 8.38 Å². The fraction of sp³-hybridized carbons (Fsp3) is 0.111. The van der Waals surface area contributed by atoms with E-state index in [4.69, 9.17) is 6.44 Å². The summed E-state index contributed by atoms with van der Waals surface area (Å²) < 4.78 is 9.72. The van der Waals surface area contributed by atoms with Gasteiger partial charge in [0.1, 0.15) is 5.75 Å². The molecule has 0 bridgehead atoms. The summed E-state index contributed by atoms with van der Waals surface area (Å²) in [6.45, 7) is 0.287. The fourth-order valence-corrected chi connectivity index (χ4v) is 0.732. The lowest BCUT2D eigenvalue weighted by atomic mass is 10.2. The topological polar surface area (TPSA) is 63.6 Å². The zero-order chi connectivity index (χ0) is 11.0. The van der Waals surface area contributed by atoms with Crippen molar-refractivity contribution < 1.29 is 19.4 Å². The normalized spacial score (nSPS) is 8.14. The molecular formula is C9H11BO4. The molecule has 1 rings (SSSR count). The van der Waals surface area contributed by atoms with Crippen molar-refractivity contribution in [2.75, 3.05) is 0 Å². The highest BCUT2D eigenvalue weighted by atomic mass is 16.5. The minimum Gasteiger partial charge on any atom is -0.478 e. The third kappa shape index (κ3) is 3.75. The zero-order valence-corrected chi connectivity index (χ0v) is 6.64. The van der Waals surface area contributed by atoms with E-state index in [1.54, 1.807) is 0 Å². The summed E-state index contributed by atoms with van der Waals surface area (Å²) >= 11 is 0. The van der Waals surface area contributed by atoms with Gasteiger partial charge >= 0.3 is 5.97 Å². The maximum absolute atomic E-state index is 10.4. The third-order valence-corrected chi connectivity index (χ3v) is 1.29. The minimum absolute atomic E-state index is 0. The van der Waals surface area contributed by atoms with E-state index in [0.29, 0.717) is 5.75 Å². The van der Waals surface area contributed by atoms with Gasteiger partial charge in [0.15, 0.2) is 0 Å². The molecule has 1 aromatic rings. The first-order valence-electron chi connectivity index (χ1n) is 3.75. The maximum atomic E-state index is 10.4.